The normalized spacial score (nSPS) is 10.6. The number of ketones is 2. The predicted octanol–water partition coefficient (Wildman–Crippen LogP) is 3.91. The van der Waals surface area contributed by atoms with Crippen molar-refractivity contribution in [3.05, 3.63) is 76.3 Å². The molecule has 94 valence electrons. The van der Waals surface area contributed by atoms with E-state index >= 15 is 0 Å². The minimum atomic E-state index is -0.519. The van der Waals surface area contributed by atoms with Gasteiger partial charge in [0.1, 0.15) is 0 Å². The van der Waals surface area contributed by atoms with Gasteiger partial charge in [-0.25, -0.2) is 0 Å². The van der Waals surface area contributed by atoms with Crippen LogP contribution in [-0.2, 0) is 4.79 Å². The number of allylic oxidation sites excluding steroid dienone is 1. The van der Waals surface area contributed by atoms with E-state index in [0.717, 1.165) is 10.0 Å². The Balaban J connectivity index is 2.09. The van der Waals surface area contributed by atoms with Gasteiger partial charge in [-0.2, -0.15) is 0 Å². The van der Waals surface area contributed by atoms with Gasteiger partial charge >= 0.3 is 0 Å². The van der Waals surface area contributed by atoms with Gasteiger partial charge in [-0.15, -0.1) is 0 Å². The molecule has 0 spiro atoms. The molecule has 0 N–H and O–H groups in total. The number of Topliss-reactive ketones (excluding diaryl/α,β-unsaturated/α-hetero) is 1. The number of hydrogen-bond acceptors (Lipinski definition) is 2. The maximum atomic E-state index is 11.8. The zero-order chi connectivity index (χ0) is 13.7. The Labute approximate surface area is 119 Å². The topological polar surface area (TPSA) is 34.1 Å². The number of hydrogen-bond donors (Lipinski definition) is 0. The summed E-state index contributed by atoms with van der Waals surface area (Å²) in [6, 6.07) is 16.0. The first-order valence-electron chi connectivity index (χ1n) is 5.74. The molecule has 0 aromatic heterocycles. The molecule has 2 aromatic carbocycles. The van der Waals surface area contributed by atoms with Crippen LogP contribution in [0.15, 0.2) is 65.1 Å². The van der Waals surface area contributed by atoms with Crippen molar-refractivity contribution in [3.8, 4) is 0 Å². The maximum Gasteiger partial charge on any atom is 0.232 e. The summed E-state index contributed by atoms with van der Waals surface area (Å²) < 4.78 is 0.969. The van der Waals surface area contributed by atoms with Gasteiger partial charge in [-0.3, -0.25) is 9.59 Å². The second kappa shape index (κ2) is 6.25. The van der Waals surface area contributed by atoms with Crippen molar-refractivity contribution in [1.29, 1.82) is 0 Å². The molecular weight excluding hydrogens is 304 g/mol. The summed E-state index contributed by atoms with van der Waals surface area (Å²) >= 11 is 3.33. The SMILES string of the molecule is O=C(/C=C/c1ccc(Br)cc1)C(=O)c1ccccc1. The molecule has 19 heavy (non-hydrogen) atoms. The van der Waals surface area contributed by atoms with Crippen molar-refractivity contribution in [2.75, 3.05) is 0 Å². The monoisotopic (exact) mass is 314 g/mol. The average Bonchev–Trinajstić information content (AvgIpc) is 2.46. The molecule has 0 bridgehead atoms. The second-order valence-corrected chi connectivity index (χ2v) is 4.86. The third-order valence-corrected chi connectivity index (χ3v) is 3.09. The fourth-order valence-electron chi connectivity index (χ4n) is 1.55. The zero-order valence-corrected chi connectivity index (χ0v) is 11.6. The highest BCUT2D eigenvalue weighted by molar-refractivity contribution is 9.10. The van der Waals surface area contributed by atoms with Gasteiger partial charge in [-0.05, 0) is 23.8 Å². The van der Waals surface area contributed by atoms with Gasteiger partial charge in [0, 0.05) is 10.0 Å². The Kier molecular flexibility index (Phi) is 4.42. The van der Waals surface area contributed by atoms with E-state index in [0.29, 0.717) is 5.56 Å². The lowest BCUT2D eigenvalue weighted by atomic mass is 10.1. The fourth-order valence-corrected chi connectivity index (χ4v) is 1.82. The molecule has 0 atom stereocenters. The van der Waals surface area contributed by atoms with Gasteiger partial charge in [0.2, 0.25) is 11.6 Å². The Morgan fingerprint density at radius 3 is 2.16 bits per heavy atom. The van der Waals surface area contributed by atoms with Gasteiger partial charge in [-0.1, -0.05) is 64.5 Å². The molecule has 0 radical (unpaired) electrons. The molecule has 2 nitrogen and oxygen atoms in total. The zero-order valence-electron chi connectivity index (χ0n) is 10.0. The number of carbonyl (C=O) groups is 2. The molecular formula is C16H11BrO2. The highest BCUT2D eigenvalue weighted by atomic mass is 79.9. The summed E-state index contributed by atoms with van der Waals surface area (Å²) in [7, 11) is 0. The molecule has 0 aliphatic heterocycles. The molecule has 0 saturated carbocycles. The van der Waals surface area contributed by atoms with Gasteiger partial charge in [0.15, 0.2) is 0 Å². The molecule has 0 heterocycles. The molecule has 0 saturated heterocycles. The molecule has 3 heteroatoms. The molecule has 2 aromatic rings. The summed E-state index contributed by atoms with van der Waals surface area (Å²) in [5.74, 6) is -1.01. The minimum absolute atomic E-state index is 0.410. The van der Waals surface area contributed by atoms with E-state index in [1.807, 2.05) is 24.3 Å². The average molecular weight is 315 g/mol. The van der Waals surface area contributed by atoms with Crippen LogP contribution in [-0.4, -0.2) is 11.6 Å². The highest BCUT2D eigenvalue weighted by Crippen LogP contribution is 2.11. The molecule has 0 aliphatic carbocycles. The summed E-state index contributed by atoms with van der Waals surface area (Å²) in [6.07, 6.45) is 2.94. The first kappa shape index (κ1) is 13.4. The van der Waals surface area contributed by atoms with E-state index in [1.54, 1.807) is 36.4 Å². The summed E-state index contributed by atoms with van der Waals surface area (Å²) in [6.45, 7) is 0. The Morgan fingerprint density at radius 1 is 0.895 bits per heavy atom. The smallest absolute Gasteiger partial charge is 0.232 e. The highest BCUT2D eigenvalue weighted by Gasteiger charge is 2.12. The Morgan fingerprint density at radius 2 is 1.53 bits per heavy atom. The van der Waals surface area contributed by atoms with Crippen LogP contribution >= 0.6 is 15.9 Å². The van der Waals surface area contributed by atoms with Crippen LogP contribution in [0.5, 0.6) is 0 Å². The lowest BCUT2D eigenvalue weighted by Crippen LogP contribution is -2.10. The molecule has 0 aliphatic rings. The quantitative estimate of drug-likeness (QED) is 0.487. The Bertz CT molecular complexity index is 613. The lowest BCUT2D eigenvalue weighted by molar-refractivity contribution is -0.110. The second-order valence-electron chi connectivity index (χ2n) is 3.94. The minimum Gasteiger partial charge on any atom is -0.286 e. The number of benzene rings is 2. The predicted molar refractivity (Wildman–Crippen MR) is 79.0 cm³/mol. The maximum absolute atomic E-state index is 11.8. The third kappa shape index (κ3) is 3.73. The first-order chi connectivity index (χ1) is 9.16. The number of rotatable bonds is 4. The summed E-state index contributed by atoms with van der Waals surface area (Å²) in [5.41, 5.74) is 1.28. The fraction of sp³-hybridized carbons (Fsp3) is 0. The van der Waals surface area contributed by atoms with Gasteiger partial charge < -0.3 is 0 Å². The van der Waals surface area contributed by atoms with E-state index < -0.39 is 11.6 Å². The number of carbonyl (C=O) groups excluding carboxylic acids is 2. The molecule has 0 amide bonds. The van der Waals surface area contributed by atoms with Crippen LogP contribution in [0.4, 0.5) is 0 Å². The van der Waals surface area contributed by atoms with Crippen LogP contribution in [0.3, 0.4) is 0 Å². The van der Waals surface area contributed by atoms with E-state index in [-0.39, 0.29) is 0 Å². The van der Waals surface area contributed by atoms with E-state index in [1.165, 1.54) is 6.08 Å². The number of halogens is 1. The van der Waals surface area contributed by atoms with Crippen molar-refractivity contribution >= 4 is 33.6 Å². The molecule has 0 fully saturated rings. The van der Waals surface area contributed by atoms with Crippen LogP contribution in [0.2, 0.25) is 0 Å². The van der Waals surface area contributed by atoms with Crippen LogP contribution in [0.1, 0.15) is 15.9 Å². The van der Waals surface area contributed by atoms with Crippen molar-refractivity contribution in [3.63, 3.8) is 0 Å². The van der Waals surface area contributed by atoms with Crippen LogP contribution in [0, 0.1) is 0 Å². The van der Waals surface area contributed by atoms with Crippen molar-refractivity contribution in [2.24, 2.45) is 0 Å². The van der Waals surface area contributed by atoms with E-state index in [9.17, 15) is 9.59 Å². The Hall–Kier alpha value is -2.00. The standard InChI is InChI=1S/C16H11BrO2/c17-14-9-6-12(7-10-14)8-11-15(18)16(19)13-4-2-1-3-5-13/h1-11H/b11-8+. The molecule has 2 rings (SSSR count). The first-order valence-corrected chi connectivity index (χ1v) is 6.53. The third-order valence-electron chi connectivity index (χ3n) is 2.56. The van der Waals surface area contributed by atoms with E-state index in [2.05, 4.69) is 15.9 Å². The van der Waals surface area contributed by atoms with Crippen molar-refractivity contribution in [2.45, 2.75) is 0 Å². The largest absolute Gasteiger partial charge is 0.286 e. The van der Waals surface area contributed by atoms with Crippen LogP contribution in [0.25, 0.3) is 6.08 Å². The van der Waals surface area contributed by atoms with Gasteiger partial charge in [0.25, 0.3) is 0 Å². The lowest BCUT2D eigenvalue weighted by Gasteiger charge is -1.96. The summed E-state index contributed by atoms with van der Waals surface area (Å²) in [5, 5.41) is 0. The van der Waals surface area contributed by atoms with Crippen LogP contribution < -0.4 is 0 Å². The van der Waals surface area contributed by atoms with Gasteiger partial charge in [0.05, 0.1) is 0 Å². The molecule has 0 unspecified atom stereocenters. The van der Waals surface area contributed by atoms with E-state index in [4.69, 9.17) is 0 Å². The van der Waals surface area contributed by atoms with Crippen molar-refractivity contribution in [1.82, 2.24) is 0 Å². The van der Waals surface area contributed by atoms with Crippen molar-refractivity contribution < 1.29 is 9.59 Å². The summed E-state index contributed by atoms with van der Waals surface area (Å²) in [4.78, 5) is 23.5.